The van der Waals surface area contributed by atoms with Gasteiger partial charge in [-0.1, -0.05) is 0 Å². The Kier molecular flexibility index (Phi) is 3.93. The maximum Gasteiger partial charge on any atom is 0.251 e. The molecule has 0 radical (unpaired) electrons. The van der Waals surface area contributed by atoms with Crippen molar-refractivity contribution >= 4 is 21.8 Å². The predicted octanol–water partition coefficient (Wildman–Crippen LogP) is 1.25. The Morgan fingerprint density at radius 3 is 3.00 bits per heavy atom. The van der Waals surface area contributed by atoms with Crippen LogP contribution >= 0.6 is 15.9 Å². The van der Waals surface area contributed by atoms with Crippen molar-refractivity contribution < 1.29 is 9.90 Å². The quantitative estimate of drug-likeness (QED) is 0.792. The molecular formula is C11H11BrN4O2. The molecular weight excluding hydrogens is 300 g/mol. The van der Waals surface area contributed by atoms with Crippen LogP contribution in [0.4, 0.5) is 0 Å². The lowest BCUT2D eigenvalue weighted by atomic mass is 10.2. The van der Waals surface area contributed by atoms with Gasteiger partial charge in [-0.3, -0.25) is 9.89 Å². The molecule has 0 aliphatic heterocycles. The van der Waals surface area contributed by atoms with E-state index in [4.69, 9.17) is 0 Å². The van der Waals surface area contributed by atoms with E-state index in [1.165, 1.54) is 12.4 Å². The Balaban J connectivity index is 1.89. The van der Waals surface area contributed by atoms with E-state index in [1.54, 1.807) is 12.1 Å². The Morgan fingerprint density at radius 1 is 1.50 bits per heavy atom. The van der Waals surface area contributed by atoms with Gasteiger partial charge in [0.1, 0.15) is 17.9 Å². The lowest BCUT2D eigenvalue weighted by Crippen LogP contribution is -2.25. The minimum absolute atomic E-state index is 0.0397. The summed E-state index contributed by atoms with van der Waals surface area (Å²) in [6, 6.07) is 4.67. The van der Waals surface area contributed by atoms with Crippen molar-refractivity contribution in [2.75, 3.05) is 6.54 Å². The van der Waals surface area contributed by atoms with Gasteiger partial charge in [-0.2, -0.15) is 5.10 Å². The maximum absolute atomic E-state index is 11.8. The molecule has 0 bridgehead atoms. The summed E-state index contributed by atoms with van der Waals surface area (Å²) in [5.74, 6) is 0.518. The number of nitrogens with one attached hydrogen (secondary N) is 2. The summed E-state index contributed by atoms with van der Waals surface area (Å²) in [5, 5.41) is 18.6. The van der Waals surface area contributed by atoms with Gasteiger partial charge in [0.2, 0.25) is 0 Å². The zero-order valence-corrected chi connectivity index (χ0v) is 10.9. The number of benzene rings is 1. The minimum Gasteiger partial charge on any atom is -0.507 e. The highest BCUT2D eigenvalue weighted by Crippen LogP contribution is 2.24. The number of hydrogen-bond donors (Lipinski definition) is 3. The normalized spacial score (nSPS) is 10.3. The molecule has 94 valence electrons. The summed E-state index contributed by atoms with van der Waals surface area (Å²) in [6.07, 6.45) is 2.00. The summed E-state index contributed by atoms with van der Waals surface area (Å²) in [6.45, 7) is 0.449. The van der Waals surface area contributed by atoms with E-state index in [0.717, 1.165) is 0 Å². The number of aromatic nitrogens is 3. The first-order chi connectivity index (χ1) is 8.66. The Hall–Kier alpha value is -1.89. The van der Waals surface area contributed by atoms with Crippen molar-refractivity contribution in [3.8, 4) is 5.75 Å². The van der Waals surface area contributed by atoms with E-state index in [0.29, 0.717) is 28.8 Å². The lowest BCUT2D eigenvalue weighted by Gasteiger charge is -2.05. The number of phenols is 1. The number of nitrogens with zero attached hydrogens (tertiary/aromatic N) is 2. The van der Waals surface area contributed by atoms with Gasteiger partial charge in [0.25, 0.3) is 5.91 Å². The topological polar surface area (TPSA) is 90.9 Å². The van der Waals surface area contributed by atoms with Crippen molar-refractivity contribution in [3.63, 3.8) is 0 Å². The van der Waals surface area contributed by atoms with E-state index < -0.39 is 0 Å². The molecule has 0 aliphatic carbocycles. The van der Waals surface area contributed by atoms with E-state index >= 15 is 0 Å². The number of phenolic OH excluding ortho intramolecular Hbond substituents is 1. The zero-order valence-electron chi connectivity index (χ0n) is 9.35. The lowest BCUT2D eigenvalue weighted by molar-refractivity contribution is 0.0953. The van der Waals surface area contributed by atoms with E-state index in [9.17, 15) is 9.90 Å². The molecule has 0 saturated heterocycles. The minimum atomic E-state index is -0.239. The molecule has 0 atom stereocenters. The molecule has 3 N–H and O–H groups in total. The van der Waals surface area contributed by atoms with Crippen LogP contribution in [0.2, 0.25) is 0 Å². The number of rotatable bonds is 4. The Labute approximate surface area is 112 Å². The number of aromatic hydroxyl groups is 1. The van der Waals surface area contributed by atoms with Crippen LogP contribution in [0.1, 0.15) is 16.2 Å². The first-order valence-corrected chi connectivity index (χ1v) is 6.07. The SMILES string of the molecule is O=C(NCCc1ncn[nH]1)c1ccc(Br)c(O)c1. The maximum atomic E-state index is 11.8. The average Bonchev–Trinajstić information content (AvgIpc) is 2.85. The van der Waals surface area contributed by atoms with E-state index in [-0.39, 0.29) is 11.7 Å². The van der Waals surface area contributed by atoms with Crippen LogP contribution in [-0.4, -0.2) is 32.7 Å². The predicted molar refractivity (Wildman–Crippen MR) is 68.2 cm³/mol. The summed E-state index contributed by atoms with van der Waals surface area (Å²) in [7, 11) is 0. The van der Waals surface area contributed by atoms with Crippen LogP contribution in [0.5, 0.6) is 5.75 Å². The van der Waals surface area contributed by atoms with Gasteiger partial charge in [-0.25, -0.2) is 4.98 Å². The molecule has 18 heavy (non-hydrogen) atoms. The highest BCUT2D eigenvalue weighted by molar-refractivity contribution is 9.10. The fraction of sp³-hybridized carbons (Fsp3) is 0.182. The summed E-state index contributed by atoms with van der Waals surface area (Å²) < 4.78 is 0.556. The molecule has 1 amide bonds. The molecule has 0 spiro atoms. The van der Waals surface area contributed by atoms with Crippen LogP contribution < -0.4 is 5.32 Å². The number of H-pyrrole nitrogens is 1. The number of amides is 1. The number of aromatic amines is 1. The Morgan fingerprint density at radius 2 is 2.33 bits per heavy atom. The molecule has 7 heteroatoms. The molecule has 1 aromatic carbocycles. The van der Waals surface area contributed by atoms with Gasteiger partial charge in [-0.15, -0.1) is 0 Å². The average molecular weight is 311 g/mol. The first kappa shape index (κ1) is 12.6. The molecule has 6 nitrogen and oxygen atoms in total. The first-order valence-electron chi connectivity index (χ1n) is 5.28. The zero-order chi connectivity index (χ0) is 13.0. The fourth-order valence-corrected chi connectivity index (χ4v) is 1.65. The second kappa shape index (κ2) is 5.63. The molecule has 2 rings (SSSR count). The second-order valence-corrected chi connectivity index (χ2v) is 4.46. The number of carbonyl (C=O) groups is 1. The van der Waals surface area contributed by atoms with E-state index in [1.807, 2.05) is 0 Å². The smallest absolute Gasteiger partial charge is 0.251 e. The molecule has 0 saturated carbocycles. The highest BCUT2D eigenvalue weighted by atomic mass is 79.9. The van der Waals surface area contributed by atoms with Crippen LogP contribution in [0.15, 0.2) is 29.0 Å². The summed E-state index contributed by atoms with van der Waals surface area (Å²) >= 11 is 3.16. The monoisotopic (exact) mass is 310 g/mol. The molecule has 0 unspecified atom stereocenters. The third kappa shape index (κ3) is 3.07. The molecule has 1 heterocycles. The summed E-state index contributed by atoms with van der Waals surface area (Å²) in [5.41, 5.74) is 0.410. The highest BCUT2D eigenvalue weighted by Gasteiger charge is 2.07. The van der Waals surface area contributed by atoms with Crippen LogP contribution in [0.3, 0.4) is 0 Å². The van der Waals surface area contributed by atoms with Crippen molar-refractivity contribution in [2.45, 2.75) is 6.42 Å². The van der Waals surface area contributed by atoms with Gasteiger partial charge in [0, 0.05) is 18.5 Å². The molecule has 0 fully saturated rings. The van der Waals surface area contributed by atoms with Gasteiger partial charge < -0.3 is 10.4 Å². The Bertz CT molecular complexity index is 542. The fourth-order valence-electron chi connectivity index (χ4n) is 1.40. The van der Waals surface area contributed by atoms with Gasteiger partial charge >= 0.3 is 0 Å². The standard InChI is InChI=1S/C11H11BrN4O2/c12-8-2-1-7(5-9(8)17)11(18)13-4-3-10-14-6-15-16-10/h1-2,5-6,17H,3-4H2,(H,13,18)(H,14,15,16). The second-order valence-electron chi connectivity index (χ2n) is 3.60. The van der Waals surface area contributed by atoms with Crippen molar-refractivity contribution in [1.82, 2.24) is 20.5 Å². The molecule has 2 aromatic rings. The van der Waals surface area contributed by atoms with Crippen LogP contribution in [0, 0.1) is 0 Å². The van der Waals surface area contributed by atoms with E-state index in [2.05, 4.69) is 36.4 Å². The molecule has 0 aliphatic rings. The number of carbonyl (C=O) groups excluding carboxylic acids is 1. The number of halogens is 1. The number of hydrogen-bond acceptors (Lipinski definition) is 4. The third-order valence-corrected chi connectivity index (χ3v) is 2.99. The third-order valence-electron chi connectivity index (χ3n) is 2.32. The van der Waals surface area contributed by atoms with Gasteiger partial charge in [0.05, 0.1) is 4.47 Å². The largest absolute Gasteiger partial charge is 0.507 e. The van der Waals surface area contributed by atoms with Gasteiger partial charge in [-0.05, 0) is 34.1 Å². The van der Waals surface area contributed by atoms with Crippen molar-refractivity contribution in [1.29, 1.82) is 0 Å². The van der Waals surface area contributed by atoms with Crippen LogP contribution in [0.25, 0.3) is 0 Å². The van der Waals surface area contributed by atoms with Crippen molar-refractivity contribution in [2.24, 2.45) is 0 Å². The summed E-state index contributed by atoms with van der Waals surface area (Å²) in [4.78, 5) is 15.7. The van der Waals surface area contributed by atoms with Crippen LogP contribution in [-0.2, 0) is 6.42 Å². The van der Waals surface area contributed by atoms with Gasteiger partial charge in [0.15, 0.2) is 0 Å². The van der Waals surface area contributed by atoms with Crippen molar-refractivity contribution in [3.05, 3.63) is 40.4 Å². The molecule has 1 aromatic heterocycles.